The van der Waals surface area contributed by atoms with Crippen molar-refractivity contribution < 1.29 is 9.18 Å². The van der Waals surface area contributed by atoms with Crippen molar-refractivity contribution in [2.75, 3.05) is 58.9 Å². The number of piperazine rings is 1. The lowest BCUT2D eigenvalue weighted by Gasteiger charge is -2.39. The third-order valence-electron chi connectivity index (χ3n) is 7.61. The van der Waals surface area contributed by atoms with Gasteiger partial charge >= 0.3 is 6.03 Å². The van der Waals surface area contributed by atoms with E-state index >= 15 is 0 Å². The number of fused-ring (bicyclic) bond motifs is 1. The minimum Gasteiger partial charge on any atom is -0.323 e. The number of hydrogen-bond donors (Lipinski definition) is 0. The predicted molar refractivity (Wildman–Crippen MR) is 129 cm³/mol. The van der Waals surface area contributed by atoms with Gasteiger partial charge in [0.2, 0.25) is 0 Å². The number of rotatable bonds is 6. The monoisotopic (exact) mass is 470 g/mol. The molecule has 0 bridgehead atoms. The molecule has 33 heavy (non-hydrogen) atoms. The zero-order chi connectivity index (χ0) is 22.9. The fourth-order valence-corrected chi connectivity index (χ4v) is 5.86. The van der Waals surface area contributed by atoms with E-state index < -0.39 is 0 Å². The Bertz CT molecular complexity index is 992. The minimum atomic E-state index is -0.200. The van der Waals surface area contributed by atoms with Crippen LogP contribution in [0.3, 0.4) is 0 Å². The minimum absolute atomic E-state index is 0.184. The Morgan fingerprint density at radius 2 is 1.64 bits per heavy atom. The first-order valence-corrected chi connectivity index (χ1v) is 12.5. The predicted octanol–water partition coefficient (Wildman–Crippen LogP) is 4.43. The normalized spacial score (nSPS) is 24.0. The molecule has 2 aromatic rings. The molecular formula is C26H32ClFN4O. The lowest BCUT2D eigenvalue weighted by atomic mass is 9.93. The van der Waals surface area contributed by atoms with Crippen LogP contribution in [-0.2, 0) is 0 Å². The molecule has 2 fully saturated rings. The van der Waals surface area contributed by atoms with Crippen LogP contribution in [0.2, 0.25) is 5.02 Å². The highest BCUT2D eigenvalue weighted by Gasteiger charge is 2.37. The molecular weight excluding hydrogens is 439 g/mol. The summed E-state index contributed by atoms with van der Waals surface area (Å²) in [4.78, 5) is 21.3. The van der Waals surface area contributed by atoms with E-state index in [1.54, 1.807) is 12.1 Å². The Balaban J connectivity index is 1.22. The Morgan fingerprint density at radius 3 is 2.33 bits per heavy atom. The van der Waals surface area contributed by atoms with Gasteiger partial charge < -0.3 is 9.80 Å². The van der Waals surface area contributed by atoms with Crippen molar-refractivity contribution in [3.8, 4) is 0 Å². The van der Waals surface area contributed by atoms with Crippen LogP contribution >= 0.6 is 11.6 Å². The number of benzene rings is 2. The molecule has 2 aromatic carbocycles. The number of urea groups is 1. The summed E-state index contributed by atoms with van der Waals surface area (Å²) in [5, 5.41) is 0.754. The van der Waals surface area contributed by atoms with E-state index in [1.807, 2.05) is 34.9 Å². The van der Waals surface area contributed by atoms with Gasteiger partial charge in [-0.3, -0.25) is 9.80 Å². The number of amides is 2. The number of carbonyl (C=O) groups is 1. The van der Waals surface area contributed by atoms with E-state index in [-0.39, 0.29) is 17.8 Å². The molecule has 0 radical (unpaired) electrons. The van der Waals surface area contributed by atoms with E-state index in [1.165, 1.54) is 11.1 Å². The molecule has 2 saturated heterocycles. The molecule has 0 aromatic heterocycles. The van der Waals surface area contributed by atoms with Gasteiger partial charge in [-0.25, -0.2) is 9.18 Å². The highest BCUT2D eigenvalue weighted by atomic mass is 35.5. The van der Waals surface area contributed by atoms with Gasteiger partial charge in [0, 0.05) is 75.9 Å². The molecule has 0 saturated carbocycles. The van der Waals surface area contributed by atoms with Crippen molar-refractivity contribution in [2.45, 2.75) is 25.3 Å². The van der Waals surface area contributed by atoms with Gasteiger partial charge in [0.15, 0.2) is 0 Å². The zero-order valence-corrected chi connectivity index (χ0v) is 20.0. The second-order valence-corrected chi connectivity index (χ2v) is 9.79. The van der Waals surface area contributed by atoms with Gasteiger partial charge in [-0.1, -0.05) is 29.8 Å². The quantitative estimate of drug-likeness (QED) is 0.625. The van der Waals surface area contributed by atoms with Gasteiger partial charge in [0.25, 0.3) is 0 Å². The summed E-state index contributed by atoms with van der Waals surface area (Å²) < 4.78 is 13.5. The molecule has 2 aliphatic heterocycles. The lowest BCUT2D eigenvalue weighted by Crippen LogP contribution is -2.49. The molecule has 7 heteroatoms. The molecule has 176 valence electrons. The third-order valence-corrected chi connectivity index (χ3v) is 7.85. The smallest absolute Gasteiger partial charge is 0.320 e. The topological polar surface area (TPSA) is 30.0 Å². The average Bonchev–Trinajstić information content (AvgIpc) is 3.38. The number of likely N-dealkylation sites (N-methyl/N-ethyl adjacent to an activating group) is 1. The van der Waals surface area contributed by atoms with E-state index in [4.69, 9.17) is 11.6 Å². The maximum absolute atomic E-state index is 13.5. The summed E-state index contributed by atoms with van der Waals surface area (Å²) in [6, 6.07) is 13.7. The van der Waals surface area contributed by atoms with E-state index in [2.05, 4.69) is 21.9 Å². The highest BCUT2D eigenvalue weighted by Crippen LogP contribution is 2.47. The van der Waals surface area contributed by atoms with E-state index in [0.29, 0.717) is 6.04 Å². The van der Waals surface area contributed by atoms with Crippen LogP contribution in [0.5, 0.6) is 0 Å². The molecule has 2 heterocycles. The molecule has 2 atom stereocenters. The SMILES string of the molecule is CCN1CCN(CCN2CCN([C@@H]3C[C@@H](c4ccc(F)cc4)c4cc(Cl)ccc43)CC2)C1=O. The van der Waals surface area contributed by atoms with Crippen molar-refractivity contribution in [1.82, 2.24) is 19.6 Å². The molecule has 2 amide bonds. The van der Waals surface area contributed by atoms with Gasteiger partial charge in [-0.2, -0.15) is 0 Å². The summed E-state index contributed by atoms with van der Waals surface area (Å²) >= 11 is 6.36. The molecule has 1 aliphatic carbocycles. The number of halogens is 2. The summed E-state index contributed by atoms with van der Waals surface area (Å²) in [7, 11) is 0. The molecule has 0 N–H and O–H groups in total. The maximum Gasteiger partial charge on any atom is 0.320 e. The first-order valence-electron chi connectivity index (χ1n) is 12.1. The van der Waals surface area contributed by atoms with Crippen molar-refractivity contribution in [3.05, 3.63) is 70.0 Å². The Labute approximate surface area is 200 Å². The molecule has 0 spiro atoms. The van der Waals surface area contributed by atoms with Gasteiger partial charge in [-0.15, -0.1) is 0 Å². The maximum atomic E-state index is 13.5. The molecule has 5 nitrogen and oxygen atoms in total. The lowest BCUT2D eigenvalue weighted by molar-refractivity contribution is 0.0901. The van der Waals surface area contributed by atoms with Crippen LogP contribution in [0.4, 0.5) is 9.18 Å². The fourth-order valence-electron chi connectivity index (χ4n) is 5.68. The standard InChI is InChI=1S/C26H32ClFN4O/c1-2-30-15-16-32(26(30)33)14-11-29-9-12-31(13-10-29)25-18-23(19-3-6-21(28)7-4-19)24-17-20(27)5-8-22(24)25/h3-8,17,23,25H,2,9-16,18H2,1H3/t23-,25+/m0/s1. The fraction of sp³-hybridized carbons (Fsp3) is 0.500. The average molecular weight is 471 g/mol. The van der Waals surface area contributed by atoms with Crippen LogP contribution in [0.15, 0.2) is 42.5 Å². The van der Waals surface area contributed by atoms with Gasteiger partial charge in [0.1, 0.15) is 5.82 Å². The Kier molecular flexibility index (Phi) is 6.59. The van der Waals surface area contributed by atoms with Gasteiger partial charge in [0.05, 0.1) is 0 Å². The molecule has 5 rings (SSSR count). The zero-order valence-electron chi connectivity index (χ0n) is 19.2. The number of hydrogen-bond acceptors (Lipinski definition) is 3. The highest BCUT2D eigenvalue weighted by molar-refractivity contribution is 6.30. The van der Waals surface area contributed by atoms with Crippen LogP contribution in [0, 0.1) is 5.82 Å². The number of nitrogens with zero attached hydrogens (tertiary/aromatic N) is 4. The Morgan fingerprint density at radius 1 is 0.909 bits per heavy atom. The second-order valence-electron chi connectivity index (χ2n) is 9.36. The third kappa shape index (κ3) is 4.61. The van der Waals surface area contributed by atoms with Crippen molar-refractivity contribution in [3.63, 3.8) is 0 Å². The summed E-state index contributed by atoms with van der Waals surface area (Å²) in [5.41, 5.74) is 3.77. The van der Waals surface area contributed by atoms with Crippen LogP contribution in [0.25, 0.3) is 0 Å². The largest absolute Gasteiger partial charge is 0.323 e. The van der Waals surface area contributed by atoms with Crippen LogP contribution in [-0.4, -0.2) is 84.5 Å². The van der Waals surface area contributed by atoms with Crippen LogP contribution in [0.1, 0.15) is 42.0 Å². The summed E-state index contributed by atoms with van der Waals surface area (Å²) in [6.07, 6.45) is 0.996. The first kappa shape index (κ1) is 22.6. The summed E-state index contributed by atoms with van der Waals surface area (Å²) in [6.45, 7) is 10.3. The first-order chi connectivity index (χ1) is 16.0. The van der Waals surface area contributed by atoms with Crippen molar-refractivity contribution in [2.24, 2.45) is 0 Å². The van der Waals surface area contributed by atoms with Crippen molar-refractivity contribution in [1.29, 1.82) is 0 Å². The second kappa shape index (κ2) is 9.61. The summed E-state index contributed by atoms with van der Waals surface area (Å²) in [5.74, 6) is 0.0405. The van der Waals surface area contributed by atoms with Gasteiger partial charge in [-0.05, 0) is 54.3 Å². The van der Waals surface area contributed by atoms with E-state index in [0.717, 1.165) is 75.9 Å². The number of carbonyl (C=O) groups excluding carboxylic acids is 1. The Hall–Kier alpha value is -2.15. The van der Waals surface area contributed by atoms with Crippen molar-refractivity contribution >= 4 is 17.6 Å². The van der Waals surface area contributed by atoms with Crippen LogP contribution < -0.4 is 0 Å². The molecule has 3 aliphatic rings. The van der Waals surface area contributed by atoms with E-state index in [9.17, 15) is 9.18 Å². The molecule has 0 unspecified atom stereocenters.